The fraction of sp³-hybridized carbons (Fsp3) is 0.455. The Morgan fingerprint density at radius 3 is 2.61 bits per heavy atom. The van der Waals surface area contributed by atoms with Gasteiger partial charge in [0.1, 0.15) is 11.6 Å². The van der Waals surface area contributed by atoms with Crippen molar-refractivity contribution in [2.75, 3.05) is 12.4 Å². The van der Waals surface area contributed by atoms with Gasteiger partial charge in [0.15, 0.2) is 0 Å². The van der Waals surface area contributed by atoms with E-state index in [1.54, 1.807) is 12.1 Å². The highest BCUT2D eigenvalue weighted by Gasteiger charge is 2.03. The van der Waals surface area contributed by atoms with Crippen molar-refractivity contribution >= 4 is 26.0 Å². The van der Waals surface area contributed by atoms with E-state index >= 15 is 0 Å². The van der Waals surface area contributed by atoms with Crippen molar-refractivity contribution in [1.82, 2.24) is 0 Å². The molecule has 0 aliphatic carbocycles. The van der Waals surface area contributed by atoms with Crippen molar-refractivity contribution < 1.29 is 17.5 Å². The van der Waals surface area contributed by atoms with Gasteiger partial charge in [-0.1, -0.05) is 0 Å². The van der Waals surface area contributed by atoms with Gasteiger partial charge in [-0.2, -0.15) is 0 Å². The van der Waals surface area contributed by atoms with E-state index in [0.717, 1.165) is 0 Å². The van der Waals surface area contributed by atoms with Gasteiger partial charge in [0.25, 0.3) is 0 Å². The predicted molar refractivity (Wildman–Crippen MR) is 71.4 cm³/mol. The third-order valence-corrected chi connectivity index (χ3v) is 3.73. The zero-order valence-electron chi connectivity index (χ0n) is 9.73. The monoisotopic (exact) mass is 339 g/mol. The molecule has 0 heterocycles. The largest absolute Gasteiger partial charge is 0.493 e. The zero-order valence-corrected chi connectivity index (χ0v) is 12.1. The number of halogens is 2. The van der Waals surface area contributed by atoms with Crippen LogP contribution in [0.5, 0.6) is 5.75 Å². The molecule has 18 heavy (non-hydrogen) atoms. The van der Waals surface area contributed by atoms with Crippen LogP contribution in [0.1, 0.15) is 19.3 Å². The molecule has 1 aromatic rings. The lowest BCUT2D eigenvalue weighted by Crippen LogP contribution is -2.16. The minimum absolute atomic E-state index is 0.0140. The summed E-state index contributed by atoms with van der Waals surface area (Å²) < 4.78 is 40.2. The van der Waals surface area contributed by atoms with Crippen molar-refractivity contribution in [2.24, 2.45) is 5.14 Å². The maximum Gasteiger partial charge on any atom is 0.209 e. The molecular weight excluding hydrogens is 325 g/mol. The smallest absolute Gasteiger partial charge is 0.209 e. The molecular formula is C11H15BrFNO3S. The second-order valence-electron chi connectivity index (χ2n) is 3.85. The summed E-state index contributed by atoms with van der Waals surface area (Å²) in [5.41, 5.74) is 0. The molecule has 0 unspecified atom stereocenters. The SMILES string of the molecule is NS(=O)(=O)CCCCCOc1ccc(Br)c(F)c1. The van der Waals surface area contributed by atoms with Gasteiger partial charge >= 0.3 is 0 Å². The van der Waals surface area contributed by atoms with Crippen LogP contribution in [0.4, 0.5) is 4.39 Å². The van der Waals surface area contributed by atoms with Crippen molar-refractivity contribution in [2.45, 2.75) is 19.3 Å². The average molecular weight is 340 g/mol. The number of nitrogens with two attached hydrogens (primary N) is 1. The van der Waals surface area contributed by atoms with Gasteiger partial charge < -0.3 is 4.74 Å². The summed E-state index contributed by atoms with van der Waals surface area (Å²) in [7, 11) is -3.37. The summed E-state index contributed by atoms with van der Waals surface area (Å²) in [4.78, 5) is 0. The van der Waals surface area contributed by atoms with Crippen LogP contribution in [0.3, 0.4) is 0 Å². The maximum atomic E-state index is 13.1. The summed E-state index contributed by atoms with van der Waals surface area (Å²) in [6, 6.07) is 4.54. The Hall–Kier alpha value is -0.660. The molecule has 0 fully saturated rings. The molecule has 7 heteroatoms. The summed E-state index contributed by atoms with van der Waals surface area (Å²) in [6.07, 6.45) is 1.92. The van der Waals surface area contributed by atoms with E-state index in [4.69, 9.17) is 9.88 Å². The van der Waals surface area contributed by atoms with Gasteiger partial charge in [-0.15, -0.1) is 0 Å². The lowest BCUT2D eigenvalue weighted by Gasteiger charge is -2.06. The number of benzene rings is 1. The molecule has 1 aromatic carbocycles. The van der Waals surface area contributed by atoms with E-state index in [2.05, 4.69) is 15.9 Å². The third kappa shape index (κ3) is 6.32. The molecule has 0 aliphatic rings. The first-order valence-electron chi connectivity index (χ1n) is 5.47. The quantitative estimate of drug-likeness (QED) is 0.775. The van der Waals surface area contributed by atoms with Crippen LogP contribution in [-0.4, -0.2) is 20.8 Å². The Balaban J connectivity index is 2.20. The Morgan fingerprint density at radius 1 is 1.28 bits per heavy atom. The fourth-order valence-corrected chi connectivity index (χ4v) is 2.19. The van der Waals surface area contributed by atoms with Gasteiger partial charge in [0.05, 0.1) is 16.8 Å². The van der Waals surface area contributed by atoms with Crippen LogP contribution in [0.2, 0.25) is 0 Å². The van der Waals surface area contributed by atoms with Crippen LogP contribution in [0.15, 0.2) is 22.7 Å². The van der Waals surface area contributed by atoms with E-state index < -0.39 is 10.0 Å². The fourth-order valence-electron chi connectivity index (χ4n) is 1.34. The van der Waals surface area contributed by atoms with E-state index in [0.29, 0.717) is 36.1 Å². The van der Waals surface area contributed by atoms with Crippen LogP contribution < -0.4 is 9.88 Å². The van der Waals surface area contributed by atoms with Crippen molar-refractivity contribution in [3.05, 3.63) is 28.5 Å². The Morgan fingerprint density at radius 2 is 2.00 bits per heavy atom. The zero-order chi connectivity index (χ0) is 13.6. The normalized spacial score (nSPS) is 11.5. The Labute approximate surface area is 115 Å². The Bertz CT molecular complexity index is 493. The minimum atomic E-state index is -3.37. The number of unbranched alkanes of at least 4 members (excludes halogenated alkanes) is 2. The summed E-state index contributed by atoms with van der Waals surface area (Å²) >= 11 is 3.05. The van der Waals surface area contributed by atoms with Crippen LogP contribution >= 0.6 is 15.9 Å². The topological polar surface area (TPSA) is 69.4 Å². The highest BCUT2D eigenvalue weighted by Crippen LogP contribution is 2.21. The summed E-state index contributed by atoms with van der Waals surface area (Å²) in [5, 5.41) is 4.87. The third-order valence-electron chi connectivity index (χ3n) is 2.23. The van der Waals surface area contributed by atoms with Crippen LogP contribution in [-0.2, 0) is 10.0 Å². The van der Waals surface area contributed by atoms with Crippen molar-refractivity contribution in [3.63, 3.8) is 0 Å². The lowest BCUT2D eigenvalue weighted by atomic mass is 10.2. The molecule has 0 saturated heterocycles. The lowest BCUT2D eigenvalue weighted by molar-refractivity contribution is 0.304. The van der Waals surface area contributed by atoms with Gasteiger partial charge in [0, 0.05) is 6.07 Å². The van der Waals surface area contributed by atoms with Gasteiger partial charge in [-0.25, -0.2) is 17.9 Å². The summed E-state index contributed by atoms with van der Waals surface area (Å²) in [5.74, 6) is 0.0729. The van der Waals surface area contributed by atoms with Crippen LogP contribution in [0.25, 0.3) is 0 Å². The van der Waals surface area contributed by atoms with E-state index in [1.165, 1.54) is 6.07 Å². The maximum absolute atomic E-state index is 13.1. The molecule has 1 rings (SSSR count). The predicted octanol–water partition coefficient (Wildman–Crippen LogP) is 2.43. The van der Waals surface area contributed by atoms with Crippen LogP contribution in [0, 0.1) is 5.82 Å². The second kappa shape index (κ2) is 7.06. The molecule has 0 aliphatic heterocycles. The van der Waals surface area contributed by atoms with Gasteiger partial charge in [-0.05, 0) is 47.3 Å². The number of sulfonamides is 1. The van der Waals surface area contributed by atoms with Crippen molar-refractivity contribution in [1.29, 1.82) is 0 Å². The molecule has 0 amide bonds. The Kier molecular flexibility index (Phi) is 6.04. The first-order chi connectivity index (χ1) is 8.38. The second-order valence-corrected chi connectivity index (χ2v) is 6.44. The van der Waals surface area contributed by atoms with E-state index in [1.807, 2.05) is 0 Å². The van der Waals surface area contributed by atoms with Gasteiger partial charge in [0.2, 0.25) is 10.0 Å². The minimum Gasteiger partial charge on any atom is -0.493 e. The highest BCUT2D eigenvalue weighted by molar-refractivity contribution is 9.10. The average Bonchev–Trinajstić information content (AvgIpc) is 2.26. The number of hydrogen-bond acceptors (Lipinski definition) is 3. The molecule has 0 atom stereocenters. The molecule has 4 nitrogen and oxygen atoms in total. The number of hydrogen-bond donors (Lipinski definition) is 1. The molecule has 0 saturated carbocycles. The molecule has 102 valence electrons. The molecule has 2 N–H and O–H groups in total. The number of primary sulfonamides is 1. The standard InChI is InChI=1S/C11H15BrFNO3S/c12-10-5-4-9(8-11(10)13)17-6-2-1-3-7-18(14,15)16/h4-5,8H,1-3,6-7H2,(H2,14,15,16). The number of rotatable bonds is 7. The van der Waals surface area contributed by atoms with Crippen molar-refractivity contribution in [3.8, 4) is 5.75 Å². The van der Waals surface area contributed by atoms with Gasteiger partial charge in [-0.3, -0.25) is 0 Å². The molecule has 0 spiro atoms. The van der Waals surface area contributed by atoms with E-state index in [9.17, 15) is 12.8 Å². The molecule has 0 aromatic heterocycles. The first kappa shape index (κ1) is 15.4. The highest BCUT2D eigenvalue weighted by atomic mass is 79.9. The molecule has 0 radical (unpaired) electrons. The first-order valence-corrected chi connectivity index (χ1v) is 7.97. The van der Waals surface area contributed by atoms with E-state index in [-0.39, 0.29) is 11.6 Å². The summed E-state index contributed by atoms with van der Waals surface area (Å²) in [6.45, 7) is 0.422. The number of ether oxygens (including phenoxy) is 1. The molecule has 0 bridgehead atoms.